The van der Waals surface area contributed by atoms with Gasteiger partial charge in [0, 0.05) is 27.5 Å². The maximum atomic E-state index is 12.9. The second-order valence-electron chi connectivity index (χ2n) is 9.08. The molecule has 0 fully saturated rings. The van der Waals surface area contributed by atoms with Crippen LogP contribution in [0.15, 0.2) is 30.3 Å². The second-order valence-corrected chi connectivity index (χ2v) is 10.4. The van der Waals surface area contributed by atoms with E-state index in [-0.39, 0.29) is 15.9 Å². The lowest BCUT2D eigenvalue weighted by Crippen LogP contribution is -2.18. The average molecular weight is 405 g/mol. The lowest BCUT2D eigenvalue weighted by molar-refractivity contribution is 0.108. The molecule has 2 nitrogen and oxygen atoms in total. The number of rotatable bonds is 3. The van der Waals surface area contributed by atoms with E-state index in [1.54, 1.807) is 0 Å². The molecule has 0 aromatic heterocycles. The first kappa shape index (κ1) is 21.8. The van der Waals surface area contributed by atoms with Gasteiger partial charge in [0.05, 0.1) is 0 Å². The lowest BCUT2D eigenvalue weighted by atomic mass is 9.78. The molecule has 0 spiro atoms. The van der Waals surface area contributed by atoms with Crippen LogP contribution in [0.25, 0.3) is 0 Å². The van der Waals surface area contributed by atoms with E-state index in [0.29, 0.717) is 17.1 Å². The van der Waals surface area contributed by atoms with Gasteiger partial charge in [0.25, 0.3) is 0 Å². The lowest BCUT2D eigenvalue weighted by Gasteiger charge is -2.28. The van der Waals surface area contributed by atoms with E-state index in [1.165, 1.54) is 11.8 Å². The summed E-state index contributed by atoms with van der Waals surface area (Å²) in [4.78, 5) is 12.9. The minimum absolute atomic E-state index is 0.0126. The predicted molar refractivity (Wildman–Crippen MR) is 117 cm³/mol. The minimum Gasteiger partial charge on any atom is -0.507 e. The van der Waals surface area contributed by atoms with Crippen LogP contribution < -0.4 is 0 Å². The summed E-state index contributed by atoms with van der Waals surface area (Å²) in [5.41, 5.74) is 3.83. The minimum atomic E-state index is -0.252. The maximum Gasteiger partial charge on any atom is 0.219 e. The normalized spacial score (nSPS) is 12.3. The maximum absolute atomic E-state index is 12.9. The smallest absolute Gasteiger partial charge is 0.219 e. The molecule has 0 aliphatic rings. The largest absolute Gasteiger partial charge is 0.507 e. The highest BCUT2D eigenvalue weighted by Crippen LogP contribution is 2.40. The number of carbonyl (C=O) groups is 1. The van der Waals surface area contributed by atoms with Crippen molar-refractivity contribution in [3.8, 4) is 5.75 Å². The highest BCUT2D eigenvalue weighted by Gasteiger charge is 2.27. The quantitative estimate of drug-likeness (QED) is 0.596. The number of thioether (sulfide) groups is 1. The van der Waals surface area contributed by atoms with E-state index in [4.69, 9.17) is 11.6 Å². The fourth-order valence-corrected chi connectivity index (χ4v) is 3.80. The number of phenols is 1. The van der Waals surface area contributed by atoms with Crippen molar-refractivity contribution < 1.29 is 9.90 Å². The Balaban J connectivity index is 2.36. The van der Waals surface area contributed by atoms with Gasteiger partial charge in [-0.15, -0.1) is 0 Å². The van der Waals surface area contributed by atoms with Gasteiger partial charge in [0.15, 0.2) is 0 Å². The molecule has 0 aliphatic carbocycles. The Morgan fingerprint density at radius 2 is 1.52 bits per heavy atom. The van der Waals surface area contributed by atoms with Gasteiger partial charge >= 0.3 is 0 Å². The topological polar surface area (TPSA) is 37.3 Å². The molecule has 0 saturated carbocycles. The van der Waals surface area contributed by atoms with Gasteiger partial charge in [-0.05, 0) is 47.1 Å². The van der Waals surface area contributed by atoms with Gasteiger partial charge in [-0.3, -0.25) is 4.79 Å². The zero-order valence-electron chi connectivity index (χ0n) is 17.2. The van der Waals surface area contributed by atoms with Gasteiger partial charge in [0.2, 0.25) is 5.12 Å². The van der Waals surface area contributed by atoms with Crippen molar-refractivity contribution in [1.29, 1.82) is 0 Å². The summed E-state index contributed by atoms with van der Waals surface area (Å²) in [6.07, 6.45) is 0. The molecular weight excluding hydrogens is 376 g/mol. The standard InChI is InChI=1S/C23H29ClO2S/c1-14-10-15(8-9-19(14)24)13-27-21(26)16-11-17(22(2,3)4)20(25)18(12-16)23(5,6)7/h8-12,25H,13H2,1-7H3. The summed E-state index contributed by atoms with van der Waals surface area (Å²) in [6.45, 7) is 14.2. The first-order chi connectivity index (χ1) is 12.3. The van der Waals surface area contributed by atoms with Crippen molar-refractivity contribution in [1.82, 2.24) is 0 Å². The second kappa shape index (κ2) is 7.89. The van der Waals surface area contributed by atoms with E-state index in [0.717, 1.165) is 27.3 Å². The summed E-state index contributed by atoms with van der Waals surface area (Å²) in [7, 11) is 0. The molecule has 0 atom stereocenters. The fourth-order valence-electron chi connectivity index (χ4n) is 2.92. The number of aromatic hydroxyl groups is 1. The van der Waals surface area contributed by atoms with E-state index in [9.17, 15) is 9.90 Å². The molecule has 0 bridgehead atoms. The highest BCUT2D eigenvalue weighted by atomic mass is 35.5. The van der Waals surface area contributed by atoms with Crippen LogP contribution in [0.5, 0.6) is 5.75 Å². The molecule has 0 amide bonds. The van der Waals surface area contributed by atoms with Gasteiger partial charge in [-0.25, -0.2) is 0 Å². The number of benzene rings is 2. The van der Waals surface area contributed by atoms with Crippen LogP contribution in [0, 0.1) is 6.92 Å². The van der Waals surface area contributed by atoms with E-state index in [1.807, 2.05) is 78.8 Å². The Morgan fingerprint density at radius 1 is 1.00 bits per heavy atom. The Labute approximate surface area is 172 Å². The van der Waals surface area contributed by atoms with E-state index in [2.05, 4.69) is 0 Å². The molecule has 0 heterocycles. The van der Waals surface area contributed by atoms with Gasteiger partial charge in [-0.1, -0.05) is 77.0 Å². The van der Waals surface area contributed by atoms with Crippen molar-refractivity contribution in [3.63, 3.8) is 0 Å². The Morgan fingerprint density at radius 3 is 1.96 bits per heavy atom. The number of hydrogen-bond donors (Lipinski definition) is 1. The van der Waals surface area contributed by atoms with E-state index < -0.39 is 0 Å². The third kappa shape index (κ3) is 5.30. The molecule has 27 heavy (non-hydrogen) atoms. The monoisotopic (exact) mass is 404 g/mol. The van der Waals surface area contributed by atoms with Crippen molar-refractivity contribution in [2.45, 2.75) is 65.0 Å². The summed E-state index contributed by atoms with van der Waals surface area (Å²) >= 11 is 7.35. The Kier molecular flexibility index (Phi) is 6.38. The van der Waals surface area contributed by atoms with Crippen LogP contribution in [0.1, 0.15) is 74.2 Å². The highest BCUT2D eigenvalue weighted by molar-refractivity contribution is 8.13. The third-order valence-electron chi connectivity index (χ3n) is 4.55. The van der Waals surface area contributed by atoms with Crippen molar-refractivity contribution in [2.24, 2.45) is 0 Å². The molecule has 0 unspecified atom stereocenters. The summed E-state index contributed by atoms with van der Waals surface area (Å²) in [5.74, 6) is 0.887. The number of carbonyl (C=O) groups excluding carboxylic acids is 1. The summed E-state index contributed by atoms with van der Waals surface area (Å²) in [6, 6.07) is 9.52. The SMILES string of the molecule is Cc1cc(CSC(=O)c2cc(C(C)(C)C)c(O)c(C(C)(C)C)c2)ccc1Cl. The van der Waals surface area contributed by atoms with Crippen molar-refractivity contribution >= 4 is 28.5 Å². The molecule has 4 heteroatoms. The molecule has 146 valence electrons. The average Bonchev–Trinajstić information content (AvgIpc) is 2.53. The van der Waals surface area contributed by atoms with Crippen LogP contribution in [0.2, 0.25) is 5.02 Å². The third-order valence-corrected chi connectivity index (χ3v) is 5.95. The molecule has 0 saturated heterocycles. The Hall–Kier alpha value is -1.45. The van der Waals surface area contributed by atoms with Gasteiger partial charge < -0.3 is 5.11 Å². The Bertz CT molecular complexity index is 823. The fraction of sp³-hybridized carbons (Fsp3) is 0.435. The summed E-state index contributed by atoms with van der Waals surface area (Å²) < 4.78 is 0. The van der Waals surface area contributed by atoms with Gasteiger partial charge in [-0.2, -0.15) is 0 Å². The van der Waals surface area contributed by atoms with Crippen LogP contribution in [-0.2, 0) is 16.6 Å². The molecule has 1 N–H and O–H groups in total. The van der Waals surface area contributed by atoms with Crippen LogP contribution >= 0.6 is 23.4 Å². The molecular formula is C23H29ClO2S. The number of phenolic OH excluding ortho intramolecular Hbond substituents is 1. The van der Waals surface area contributed by atoms with Gasteiger partial charge in [0.1, 0.15) is 5.75 Å². The molecule has 2 aromatic carbocycles. The van der Waals surface area contributed by atoms with E-state index >= 15 is 0 Å². The van der Waals surface area contributed by atoms with Crippen molar-refractivity contribution in [3.05, 3.63) is 63.2 Å². The molecule has 0 radical (unpaired) electrons. The first-order valence-electron chi connectivity index (χ1n) is 9.11. The van der Waals surface area contributed by atoms with Crippen LogP contribution in [0.4, 0.5) is 0 Å². The zero-order valence-corrected chi connectivity index (χ0v) is 18.8. The predicted octanol–water partition coefficient (Wildman–Crippen LogP) is 7.02. The number of halogens is 1. The van der Waals surface area contributed by atoms with Crippen LogP contribution in [0.3, 0.4) is 0 Å². The number of aryl methyl sites for hydroxylation is 1. The van der Waals surface area contributed by atoms with Crippen molar-refractivity contribution in [2.75, 3.05) is 0 Å². The molecule has 2 rings (SSSR count). The zero-order chi connectivity index (χ0) is 20.6. The first-order valence-corrected chi connectivity index (χ1v) is 10.5. The molecule has 2 aromatic rings. The molecule has 0 aliphatic heterocycles. The van der Waals surface area contributed by atoms with Crippen LogP contribution in [-0.4, -0.2) is 10.2 Å². The number of hydrogen-bond acceptors (Lipinski definition) is 3. The summed E-state index contributed by atoms with van der Waals surface area (Å²) in [5, 5.41) is 11.5.